The summed E-state index contributed by atoms with van der Waals surface area (Å²) in [5, 5.41) is 5.79. The lowest BCUT2D eigenvalue weighted by Gasteiger charge is -2.14. The van der Waals surface area contributed by atoms with E-state index in [0.717, 1.165) is 24.9 Å². The monoisotopic (exact) mass is 258 g/mol. The van der Waals surface area contributed by atoms with E-state index in [9.17, 15) is 8.78 Å². The number of hydrogen-bond acceptors (Lipinski definition) is 4. The van der Waals surface area contributed by atoms with E-state index in [1.165, 1.54) is 0 Å². The van der Waals surface area contributed by atoms with E-state index in [1.54, 1.807) is 0 Å². The Morgan fingerprint density at radius 3 is 2.22 bits per heavy atom. The van der Waals surface area contributed by atoms with Crippen molar-refractivity contribution in [3.8, 4) is 0 Å². The second-order valence-corrected chi connectivity index (χ2v) is 4.01. The number of anilines is 2. The van der Waals surface area contributed by atoms with Gasteiger partial charge in [-0.05, 0) is 20.3 Å². The predicted molar refractivity (Wildman–Crippen MR) is 69.4 cm³/mol. The van der Waals surface area contributed by atoms with Gasteiger partial charge in [0.15, 0.2) is 0 Å². The molecule has 1 aromatic rings. The number of alkyl halides is 2. The topological polar surface area (TPSA) is 49.8 Å². The smallest absolute Gasteiger partial charge is 0.255 e. The predicted octanol–water partition coefficient (Wildman–Crippen LogP) is 2.85. The highest BCUT2D eigenvalue weighted by molar-refractivity contribution is 5.57. The highest BCUT2D eigenvalue weighted by Gasteiger charge is 2.11. The molecule has 2 N–H and O–H groups in total. The first kappa shape index (κ1) is 14.6. The van der Waals surface area contributed by atoms with Crippen LogP contribution in [-0.4, -0.2) is 29.5 Å². The fourth-order valence-electron chi connectivity index (χ4n) is 1.58. The van der Waals surface area contributed by atoms with Crippen LogP contribution >= 0.6 is 0 Å². The van der Waals surface area contributed by atoms with Gasteiger partial charge in [-0.15, -0.1) is 0 Å². The molecule has 1 aromatic heterocycles. The maximum absolute atomic E-state index is 12.2. The molecule has 4 nitrogen and oxygen atoms in total. The second-order valence-electron chi connectivity index (χ2n) is 4.01. The summed E-state index contributed by atoms with van der Waals surface area (Å²) in [5.41, 5.74) is 0.775. The molecule has 0 bridgehead atoms. The molecule has 1 heterocycles. The zero-order valence-electron chi connectivity index (χ0n) is 11.1. The highest BCUT2D eigenvalue weighted by atomic mass is 19.3. The van der Waals surface area contributed by atoms with Crippen molar-refractivity contribution in [3.05, 3.63) is 11.4 Å². The summed E-state index contributed by atoms with van der Waals surface area (Å²) in [6.07, 6.45) is -0.734. The lowest BCUT2D eigenvalue weighted by molar-refractivity contribution is 0.163. The molecule has 6 heteroatoms. The molecule has 0 amide bonds. The Balaban J connectivity index is 2.97. The highest BCUT2D eigenvalue weighted by Crippen LogP contribution is 2.20. The van der Waals surface area contributed by atoms with Crippen molar-refractivity contribution in [3.63, 3.8) is 0 Å². The molecular formula is C12H20F2N4. The summed E-state index contributed by atoms with van der Waals surface area (Å²) in [6.45, 7) is 6.16. The van der Waals surface area contributed by atoms with Gasteiger partial charge in [-0.25, -0.2) is 18.7 Å². The van der Waals surface area contributed by atoms with E-state index in [-0.39, 0.29) is 0 Å². The summed E-state index contributed by atoms with van der Waals surface area (Å²) in [5.74, 6) is 1.88. The van der Waals surface area contributed by atoms with Gasteiger partial charge in [0, 0.05) is 18.5 Å². The molecule has 0 saturated carbocycles. The SMILES string of the molecule is CCCc1nc(NCC)c(C)c(NCC(F)F)n1. The van der Waals surface area contributed by atoms with Gasteiger partial charge in [0.2, 0.25) is 0 Å². The zero-order valence-corrected chi connectivity index (χ0v) is 11.1. The van der Waals surface area contributed by atoms with Gasteiger partial charge >= 0.3 is 0 Å². The van der Waals surface area contributed by atoms with Crippen LogP contribution in [0.4, 0.5) is 20.4 Å². The van der Waals surface area contributed by atoms with Crippen LogP contribution in [0.25, 0.3) is 0 Å². The van der Waals surface area contributed by atoms with E-state index >= 15 is 0 Å². The van der Waals surface area contributed by atoms with Crippen molar-refractivity contribution in [2.75, 3.05) is 23.7 Å². The largest absolute Gasteiger partial charge is 0.370 e. The van der Waals surface area contributed by atoms with Gasteiger partial charge < -0.3 is 10.6 Å². The maximum atomic E-state index is 12.2. The Hall–Kier alpha value is -1.46. The molecule has 1 rings (SSSR count). The third-order valence-electron chi connectivity index (χ3n) is 2.43. The van der Waals surface area contributed by atoms with Crippen molar-refractivity contribution in [2.24, 2.45) is 0 Å². The van der Waals surface area contributed by atoms with Crippen LogP contribution in [0.1, 0.15) is 31.7 Å². The van der Waals surface area contributed by atoms with Crippen molar-refractivity contribution >= 4 is 11.6 Å². The van der Waals surface area contributed by atoms with E-state index in [2.05, 4.69) is 20.6 Å². The minimum atomic E-state index is -2.39. The number of hydrogen-bond donors (Lipinski definition) is 2. The van der Waals surface area contributed by atoms with Gasteiger partial charge in [0.1, 0.15) is 17.5 Å². The fraction of sp³-hybridized carbons (Fsp3) is 0.667. The fourth-order valence-corrected chi connectivity index (χ4v) is 1.58. The Morgan fingerprint density at radius 2 is 1.72 bits per heavy atom. The summed E-state index contributed by atoms with van der Waals surface area (Å²) >= 11 is 0. The second kappa shape index (κ2) is 7.08. The zero-order chi connectivity index (χ0) is 13.5. The quantitative estimate of drug-likeness (QED) is 0.789. The summed E-state index contributed by atoms with van der Waals surface area (Å²) < 4.78 is 24.5. The first-order valence-electron chi connectivity index (χ1n) is 6.21. The molecule has 0 saturated heterocycles. The number of nitrogens with zero attached hydrogens (tertiary/aromatic N) is 2. The molecule has 0 atom stereocenters. The number of nitrogens with one attached hydrogen (secondary N) is 2. The first-order valence-corrected chi connectivity index (χ1v) is 6.21. The summed E-state index contributed by atoms with van der Waals surface area (Å²) in [7, 11) is 0. The van der Waals surface area contributed by atoms with Crippen LogP contribution in [0.2, 0.25) is 0 Å². The van der Waals surface area contributed by atoms with Gasteiger partial charge in [-0.1, -0.05) is 6.92 Å². The molecule has 0 spiro atoms. The van der Waals surface area contributed by atoms with Crippen molar-refractivity contribution in [2.45, 2.75) is 40.0 Å². The number of aromatic nitrogens is 2. The van der Waals surface area contributed by atoms with E-state index in [4.69, 9.17) is 0 Å². The minimum absolute atomic E-state index is 0.394. The molecule has 0 aliphatic carbocycles. The standard InChI is InChI=1S/C12H20F2N4/c1-4-6-10-17-11(15-5-2)8(3)12(18-10)16-7-9(13)14/h9H,4-7H2,1-3H3,(H2,15,16,17,18). The Labute approximate surface area is 106 Å². The van der Waals surface area contributed by atoms with Crippen LogP contribution in [0.5, 0.6) is 0 Å². The van der Waals surface area contributed by atoms with Crippen LogP contribution < -0.4 is 10.6 Å². The van der Waals surface area contributed by atoms with Crippen molar-refractivity contribution in [1.29, 1.82) is 0 Å². The Bertz CT molecular complexity index is 383. The average Bonchev–Trinajstić information content (AvgIpc) is 2.32. The van der Waals surface area contributed by atoms with Crippen LogP contribution in [0.3, 0.4) is 0 Å². The van der Waals surface area contributed by atoms with Gasteiger partial charge in [0.25, 0.3) is 6.43 Å². The maximum Gasteiger partial charge on any atom is 0.255 e. The van der Waals surface area contributed by atoms with Gasteiger partial charge in [-0.2, -0.15) is 0 Å². The Kier molecular flexibility index (Phi) is 5.74. The molecule has 0 unspecified atom stereocenters. The van der Waals surface area contributed by atoms with Crippen molar-refractivity contribution in [1.82, 2.24) is 9.97 Å². The lowest BCUT2D eigenvalue weighted by Crippen LogP contribution is -2.15. The molecule has 0 fully saturated rings. The molecule has 0 aromatic carbocycles. The molecule has 0 aliphatic rings. The molecule has 102 valence electrons. The van der Waals surface area contributed by atoms with E-state index < -0.39 is 13.0 Å². The molecule has 0 aliphatic heterocycles. The first-order chi connectivity index (χ1) is 8.58. The lowest BCUT2D eigenvalue weighted by atomic mass is 10.2. The normalized spacial score (nSPS) is 10.8. The molecule has 18 heavy (non-hydrogen) atoms. The van der Waals surface area contributed by atoms with E-state index in [1.807, 2.05) is 20.8 Å². The van der Waals surface area contributed by atoms with Gasteiger partial charge in [0.05, 0.1) is 6.54 Å². The minimum Gasteiger partial charge on any atom is -0.370 e. The van der Waals surface area contributed by atoms with Crippen LogP contribution in [0, 0.1) is 6.92 Å². The average molecular weight is 258 g/mol. The molecule has 0 radical (unpaired) electrons. The third-order valence-corrected chi connectivity index (χ3v) is 2.43. The third kappa shape index (κ3) is 4.09. The number of rotatable bonds is 7. The van der Waals surface area contributed by atoms with Crippen LogP contribution in [0.15, 0.2) is 0 Å². The van der Waals surface area contributed by atoms with Crippen LogP contribution in [-0.2, 0) is 6.42 Å². The Morgan fingerprint density at radius 1 is 1.11 bits per heavy atom. The van der Waals surface area contributed by atoms with E-state index in [0.29, 0.717) is 17.5 Å². The van der Waals surface area contributed by atoms with Crippen molar-refractivity contribution < 1.29 is 8.78 Å². The summed E-state index contributed by atoms with van der Waals surface area (Å²) in [4.78, 5) is 8.67. The number of aryl methyl sites for hydroxylation is 1. The van der Waals surface area contributed by atoms with Gasteiger partial charge in [-0.3, -0.25) is 0 Å². The molecular weight excluding hydrogens is 238 g/mol. The summed E-state index contributed by atoms with van der Waals surface area (Å²) in [6, 6.07) is 0. The number of halogens is 2.